The number of hydrogen-bond acceptors (Lipinski definition) is 4. The van der Waals surface area contributed by atoms with Gasteiger partial charge in [-0.3, -0.25) is 0 Å². The van der Waals surface area contributed by atoms with Gasteiger partial charge in [-0.2, -0.15) is 9.50 Å². The van der Waals surface area contributed by atoms with E-state index in [4.69, 9.17) is 23.2 Å². The van der Waals surface area contributed by atoms with Crippen molar-refractivity contribution in [2.24, 2.45) is 0 Å². The van der Waals surface area contributed by atoms with E-state index in [1.165, 1.54) is 11.8 Å². The van der Waals surface area contributed by atoms with Crippen LogP contribution in [0, 0.1) is 0 Å². The molecule has 2 aromatic heterocycles. The normalized spacial score (nSPS) is 11.1. The first-order chi connectivity index (χ1) is 9.19. The zero-order valence-electron chi connectivity index (χ0n) is 9.84. The molecule has 0 spiro atoms. The minimum absolute atomic E-state index is 0.549. The quantitative estimate of drug-likeness (QED) is 0.675. The third kappa shape index (κ3) is 2.29. The molecule has 0 fully saturated rings. The lowest BCUT2D eigenvalue weighted by Gasteiger charge is -2.06. The van der Waals surface area contributed by atoms with Gasteiger partial charge in [-0.1, -0.05) is 35.0 Å². The zero-order valence-corrected chi connectivity index (χ0v) is 12.2. The molecule has 7 heteroatoms. The van der Waals surface area contributed by atoms with Crippen LogP contribution >= 0.6 is 35.0 Å². The number of rotatable bonds is 2. The molecule has 96 valence electrons. The average Bonchev–Trinajstić information content (AvgIpc) is 2.82. The molecule has 0 unspecified atom stereocenters. The van der Waals surface area contributed by atoms with E-state index in [-0.39, 0.29) is 0 Å². The summed E-state index contributed by atoms with van der Waals surface area (Å²) in [6, 6.07) is 7.21. The van der Waals surface area contributed by atoms with E-state index in [0.717, 1.165) is 11.3 Å². The maximum atomic E-state index is 6.23. The van der Waals surface area contributed by atoms with Gasteiger partial charge in [0.25, 0.3) is 5.78 Å². The average molecular weight is 311 g/mol. The van der Waals surface area contributed by atoms with Crippen molar-refractivity contribution < 1.29 is 0 Å². The first kappa shape index (κ1) is 12.7. The monoisotopic (exact) mass is 310 g/mol. The Morgan fingerprint density at radius 2 is 2.05 bits per heavy atom. The lowest BCUT2D eigenvalue weighted by Crippen LogP contribution is -1.96. The molecule has 0 bridgehead atoms. The van der Waals surface area contributed by atoms with E-state index in [0.29, 0.717) is 21.0 Å². The molecule has 0 radical (unpaired) electrons. The Morgan fingerprint density at radius 1 is 1.21 bits per heavy atom. The second kappa shape index (κ2) is 5.00. The minimum atomic E-state index is 0.549. The van der Waals surface area contributed by atoms with E-state index < -0.39 is 0 Å². The van der Waals surface area contributed by atoms with E-state index in [9.17, 15) is 0 Å². The van der Waals surface area contributed by atoms with Crippen LogP contribution in [0.5, 0.6) is 0 Å². The van der Waals surface area contributed by atoms with Gasteiger partial charge in [-0.05, 0) is 30.5 Å². The van der Waals surface area contributed by atoms with Gasteiger partial charge >= 0.3 is 0 Å². The van der Waals surface area contributed by atoms with Crippen LogP contribution in [-0.2, 0) is 0 Å². The third-order valence-corrected chi connectivity index (χ3v) is 3.70. The molecule has 0 saturated carbocycles. The van der Waals surface area contributed by atoms with Crippen molar-refractivity contribution in [3.05, 3.63) is 40.5 Å². The fourth-order valence-electron chi connectivity index (χ4n) is 1.76. The molecule has 0 N–H and O–H groups in total. The Hall–Kier alpha value is -1.30. The summed E-state index contributed by atoms with van der Waals surface area (Å²) in [5, 5.41) is 6.23. The summed E-state index contributed by atoms with van der Waals surface area (Å²) in [6.07, 6.45) is 3.61. The highest BCUT2D eigenvalue weighted by molar-refractivity contribution is 7.98. The first-order valence-corrected chi connectivity index (χ1v) is 7.38. The fourth-order valence-corrected chi connectivity index (χ4v) is 2.60. The molecule has 0 saturated heterocycles. The Balaban J connectivity index is 2.26. The molecular formula is C12H8Cl2N4S. The van der Waals surface area contributed by atoms with Crippen LogP contribution < -0.4 is 0 Å². The van der Waals surface area contributed by atoms with Crippen LogP contribution in [0.3, 0.4) is 0 Å². The summed E-state index contributed by atoms with van der Waals surface area (Å²) in [7, 11) is 0. The van der Waals surface area contributed by atoms with Crippen molar-refractivity contribution >= 4 is 40.7 Å². The van der Waals surface area contributed by atoms with Crippen molar-refractivity contribution in [2.45, 2.75) is 5.16 Å². The van der Waals surface area contributed by atoms with E-state index in [1.54, 1.807) is 22.8 Å². The standard InChI is InChI=1S/C12H8Cl2N4S/c1-19-12-16-11-15-5-4-10(18(11)17-12)8-3-2-7(13)6-9(8)14/h2-6H,1H3. The second-order valence-electron chi connectivity index (χ2n) is 3.76. The van der Waals surface area contributed by atoms with Gasteiger partial charge in [0, 0.05) is 16.8 Å². The first-order valence-electron chi connectivity index (χ1n) is 5.40. The van der Waals surface area contributed by atoms with E-state index >= 15 is 0 Å². The number of benzene rings is 1. The largest absolute Gasteiger partial charge is 0.253 e. The highest BCUT2D eigenvalue weighted by atomic mass is 35.5. The highest BCUT2D eigenvalue weighted by Crippen LogP contribution is 2.30. The molecule has 4 nitrogen and oxygen atoms in total. The van der Waals surface area contributed by atoms with Gasteiger partial charge in [-0.15, -0.1) is 5.10 Å². The molecular weight excluding hydrogens is 303 g/mol. The predicted molar refractivity (Wildman–Crippen MR) is 78.0 cm³/mol. The number of halogens is 2. The zero-order chi connectivity index (χ0) is 13.4. The minimum Gasteiger partial charge on any atom is -0.220 e. The molecule has 0 atom stereocenters. The van der Waals surface area contributed by atoms with Crippen molar-refractivity contribution in [1.82, 2.24) is 19.6 Å². The number of hydrogen-bond donors (Lipinski definition) is 0. The van der Waals surface area contributed by atoms with Crippen molar-refractivity contribution in [2.75, 3.05) is 6.26 Å². The number of fused-ring (bicyclic) bond motifs is 1. The fraction of sp³-hybridized carbons (Fsp3) is 0.0833. The topological polar surface area (TPSA) is 43.1 Å². The molecule has 1 aromatic carbocycles. The number of nitrogens with zero attached hydrogens (tertiary/aromatic N) is 4. The van der Waals surface area contributed by atoms with Gasteiger partial charge in [0.05, 0.1) is 10.7 Å². The lowest BCUT2D eigenvalue weighted by molar-refractivity contribution is 0.887. The molecule has 3 rings (SSSR count). The summed E-state index contributed by atoms with van der Waals surface area (Å²) >= 11 is 13.6. The summed E-state index contributed by atoms with van der Waals surface area (Å²) in [5.41, 5.74) is 1.68. The van der Waals surface area contributed by atoms with E-state index in [2.05, 4.69) is 15.1 Å². The maximum Gasteiger partial charge on any atom is 0.253 e. The lowest BCUT2D eigenvalue weighted by atomic mass is 10.1. The van der Waals surface area contributed by atoms with Gasteiger partial charge in [0.1, 0.15) is 0 Å². The van der Waals surface area contributed by atoms with Crippen molar-refractivity contribution in [3.8, 4) is 11.3 Å². The Bertz CT molecular complexity index is 757. The van der Waals surface area contributed by atoms with Crippen LogP contribution in [-0.4, -0.2) is 25.8 Å². The van der Waals surface area contributed by atoms with Gasteiger partial charge in [-0.25, -0.2) is 4.98 Å². The maximum absolute atomic E-state index is 6.23. The molecule has 0 aliphatic heterocycles. The second-order valence-corrected chi connectivity index (χ2v) is 5.38. The number of aromatic nitrogens is 4. The summed E-state index contributed by atoms with van der Waals surface area (Å²) in [6.45, 7) is 0. The van der Waals surface area contributed by atoms with Gasteiger partial charge < -0.3 is 0 Å². The van der Waals surface area contributed by atoms with E-state index in [1.807, 2.05) is 18.4 Å². The SMILES string of the molecule is CSc1nc2nccc(-c3ccc(Cl)cc3Cl)n2n1. The molecule has 0 amide bonds. The summed E-state index contributed by atoms with van der Waals surface area (Å²) in [5.74, 6) is 0.549. The van der Waals surface area contributed by atoms with Crippen molar-refractivity contribution in [1.29, 1.82) is 0 Å². The van der Waals surface area contributed by atoms with Crippen LogP contribution in [0.15, 0.2) is 35.6 Å². The molecule has 19 heavy (non-hydrogen) atoms. The Morgan fingerprint density at radius 3 is 2.79 bits per heavy atom. The van der Waals surface area contributed by atoms with Crippen molar-refractivity contribution in [3.63, 3.8) is 0 Å². The smallest absolute Gasteiger partial charge is 0.220 e. The number of thioether (sulfide) groups is 1. The summed E-state index contributed by atoms with van der Waals surface area (Å²) < 4.78 is 1.68. The van der Waals surface area contributed by atoms with Crippen LogP contribution in [0.2, 0.25) is 10.0 Å². The van der Waals surface area contributed by atoms with Gasteiger partial charge in [0.2, 0.25) is 5.16 Å². The summed E-state index contributed by atoms with van der Waals surface area (Å²) in [4.78, 5) is 8.49. The predicted octanol–water partition coefficient (Wildman–Crippen LogP) is 3.82. The molecule has 3 aromatic rings. The Labute approximate surface area is 123 Å². The van der Waals surface area contributed by atoms with Crippen LogP contribution in [0.4, 0.5) is 0 Å². The van der Waals surface area contributed by atoms with Gasteiger partial charge in [0.15, 0.2) is 0 Å². The highest BCUT2D eigenvalue weighted by Gasteiger charge is 2.12. The van der Waals surface area contributed by atoms with Crippen LogP contribution in [0.25, 0.3) is 17.0 Å². The molecule has 2 heterocycles. The third-order valence-electron chi connectivity index (χ3n) is 2.61. The molecule has 0 aliphatic rings. The Kier molecular flexibility index (Phi) is 3.35. The van der Waals surface area contributed by atoms with Crippen LogP contribution in [0.1, 0.15) is 0 Å². The molecule has 0 aliphatic carbocycles.